The van der Waals surface area contributed by atoms with Crippen LogP contribution in [0.4, 0.5) is 0 Å². The molecule has 1 aliphatic rings. The van der Waals surface area contributed by atoms with Crippen LogP contribution in [0.5, 0.6) is 0 Å². The molecular weight excluding hydrogens is 236 g/mol. The van der Waals surface area contributed by atoms with Gasteiger partial charge in [-0.15, -0.1) is 0 Å². The van der Waals surface area contributed by atoms with Crippen molar-refractivity contribution in [2.24, 2.45) is 17.6 Å². The van der Waals surface area contributed by atoms with Crippen molar-refractivity contribution in [2.45, 2.75) is 52.0 Å². The standard InChI is InChI=1S/C16H32N2O/c1-13(2)11-19-9-8-18-16(12-17)7-5-6-15(10-16)14(3)4/h14-15,18H,1,5-12,17H2,2-4H3. The fourth-order valence-corrected chi connectivity index (χ4v) is 3.03. The summed E-state index contributed by atoms with van der Waals surface area (Å²) in [6, 6.07) is 0. The zero-order valence-corrected chi connectivity index (χ0v) is 13.0. The molecule has 1 fully saturated rings. The Hall–Kier alpha value is -0.380. The first-order chi connectivity index (χ1) is 8.99. The molecule has 0 radical (unpaired) electrons. The summed E-state index contributed by atoms with van der Waals surface area (Å²) in [6.07, 6.45) is 5.06. The van der Waals surface area contributed by atoms with Gasteiger partial charge in [0, 0.05) is 18.6 Å². The molecule has 0 aromatic rings. The molecule has 2 unspecified atom stereocenters. The van der Waals surface area contributed by atoms with Gasteiger partial charge in [-0.05, 0) is 31.6 Å². The van der Waals surface area contributed by atoms with Crippen molar-refractivity contribution in [3.63, 3.8) is 0 Å². The molecule has 0 aromatic carbocycles. The maximum atomic E-state index is 6.05. The van der Waals surface area contributed by atoms with Gasteiger partial charge < -0.3 is 15.8 Å². The second-order valence-corrected chi connectivity index (χ2v) is 6.52. The van der Waals surface area contributed by atoms with Crippen molar-refractivity contribution in [1.29, 1.82) is 0 Å². The Labute approximate surface area is 119 Å². The van der Waals surface area contributed by atoms with E-state index in [0.29, 0.717) is 6.61 Å². The fourth-order valence-electron chi connectivity index (χ4n) is 3.03. The molecule has 3 nitrogen and oxygen atoms in total. The lowest BCUT2D eigenvalue weighted by atomic mass is 9.71. The van der Waals surface area contributed by atoms with E-state index in [2.05, 4.69) is 25.7 Å². The largest absolute Gasteiger partial charge is 0.376 e. The number of rotatable bonds is 8. The summed E-state index contributed by atoms with van der Waals surface area (Å²) in [5.74, 6) is 1.56. The molecule has 19 heavy (non-hydrogen) atoms. The van der Waals surface area contributed by atoms with E-state index in [1.54, 1.807) is 0 Å². The summed E-state index contributed by atoms with van der Waals surface area (Å²) >= 11 is 0. The van der Waals surface area contributed by atoms with E-state index in [0.717, 1.165) is 37.1 Å². The smallest absolute Gasteiger partial charge is 0.0672 e. The predicted molar refractivity (Wildman–Crippen MR) is 82.2 cm³/mol. The van der Waals surface area contributed by atoms with Gasteiger partial charge in [-0.3, -0.25) is 0 Å². The highest BCUT2D eigenvalue weighted by molar-refractivity contribution is 4.95. The van der Waals surface area contributed by atoms with Crippen molar-refractivity contribution in [3.05, 3.63) is 12.2 Å². The van der Waals surface area contributed by atoms with Crippen LogP contribution in [0.1, 0.15) is 46.5 Å². The van der Waals surface area contributed by atoms with E-state index < -0.39 is 0 Å². The van der Waals surface area contributed by atoms with Gasteiger partial charge in [-0.25, -0.2) is 0 Å². The lowest BCUT2D eigenvalue weighted by molar-refractivity contribution is 0.119. The number of hydrogen-bond donors (Lipinski definition) is 2. The second-order valence-electron chi connectivity index (χ2n) is 6.52. The van der Waals surface area contributed by atoms with Crippen molar-refractivity contribution in [3.8, 4) is 0 Å². The van der Waals surface area contributed by atoms with E-state index in [1.165, 1.54) is 25.7 Å². The third-order valence-electron chi connectivity index (χ3n) is 4.31. The average Bonchev–Trinajstić information content (AvgIpc) is 2.38. The first kappa shape index (κ1) is 16.7. The quantitative estimate of drug-likeness (QED) is 0.525. The maximum Gasteiger partial charge on any atom is 0.0672 e. The van der Waals surface area contributed by atoms with Crippen LogP contribution in [0, 0.1) is 11.8 Å². The molecule has 0 aromatic heterocycles. The first-order valence-electron chi connectivity index (χ1n) is 7.66. The van der Waals surface area contributed by atoms with Gasteiger partial charge in [0.15, 0.2) is 0 Å². The Bertz CT molecular complexity index is 278. The molecule has 3 heteroatoms. The Morgan fingerprint density at radius 3 is 2.84 bits per heavy atom. The molecule has 0 aliphatic heterocycles. The molecule has 0 amide bonds. The summed E-state index contributed by atoms with van der Waals surface area (Å²) in [6.45, 7) is 13.5. The van der Waals surface area contributed by atoms with Crippen LogP contribution in [-0.2, 0) is 4.74 Å². The molecule has 1 aliphatic carbocycles. The third-order valence-corrected chi connectivity index (χ3v) is 4.31. The highest BCUT2D eigenvalue weighted by Crippen LogP contribution is 2.35. The first-order valence-corrected chi connectivity index (χ1v) is 7.66. The van der Waals surface area contributed by atoms with Crippen molar-refractivity contribution in [2.75, 3.05) is 26.3 Å². The monoisotopic (exact) mass is 268 g/mol. The van der Waals surface area contributed by atoms with Crippen LogP contribution in [0.15, 0.2) is 12.2 Å². The summed E-state index contributed by atoms with van der Waals surface area (Å²) in [5.41, 5.74) is 7.26. The maximum absolute atomic E-state index is 6.05. The zero-order valence-electron chi connectivity index (χ0n) is 13.0. The van der Waals surface area contributed by atoms with Gasteiger partial charge in [-0.1, -0.05) is 38.8 Å². The number of nitrogens with one attached hydrogen (secondary N) is 1. The normalized spacial score (nSPS) is 27.7. The van der Waals surface area contributed by atoms with E-state index in [4.69, 9.17) is 10.5 Å². The minimum absolute atomic E-state index is 0.139. The van der Waals surface area contributed by atoms with Gasteiger partial charge in [0.25, 0.3) is 0 Å². The average molecular weight is 268 g/mol. The minimum Gasteiger partial charge on any atom is -0.376 e. The zero-order chi connectivity index (χ0) is 14.3. The second kappa shape index (κ2) is 8.03. The van der Waals surface area contributed by atoms with E-state index in [-0.39, 0.29) is 5.54 Å². The third kappa shape index (κ3) is 5.64. The van der Waals surface area contributed by atoms with Crippen LogP contribution < -0.4 is 11.1 Å². The Morgan fingerprint density at radius 1 is 1.53 bits per heavy atom. The van der Waals surface area contributed by atoms with Gasteiger partial charge in [0.2, 0.25) is 0 Å². The van der Waals surface area contributed by atoms with Crippen molar-refractivity contribution >= 4 is 0 Å². The topological polar surface area (TPSA) is 47.3 Å². The Balaban J connectivity index is 2.35. The van der Waals surface area contributed by atoms with E-state index >= 15 is 0 Å². The van der Waals surface area contributed by atoms with Crippen LogP contribution in [0.3, 0.4) is 0 Å². The molecule has 2 atom stereocenters. The highest BCUT2D eigenvalue weighted by atomic mass is 16.5. The van der Waals surface area contributed by atoms with Crippen LogP contribution in [-0.4, -0.2) is 31.8 Å². The Kier molecular flexibility index (Phi) is 7.05. The highest BCUT2D eigenvalue weighted by Gasteiger charge is 2.35. The van der Waals surface area contributed by atoms with Gasteiger partial charge in [-0.2, -0.15) is 0 Å². The molecule has 0 spiro atoms. The van der Waals surface area contributed by atoms with Crippen molar-refractivity contribution in [1.82, 2.24) is 5.32 Å². The minimum atomic E-state index is 0.139. The fraction of sp³-hybridized carbons (Fsp3) is 0.875. The molecule has 1 saturated carbocycles. The molecular formula is C16H32N2O. The van der Waals surface area contributed by atoms with Gasteiger partial charge >= 0.3 is 0 Å². The van der Waals surface area contributed by atoms with Crippen LogP contribution >= 0.6 is 0 Å². The van der Waals surface area contributed by atoms with Gasteiger partial charge in [0.1, 0.15) is 0 Å². The van der Waals surface area contributed by atoms with Crippen molar-refractivity contribution < 1.29 is 4.74 Å². The molecule has 0 bridgehead atoms. The molecule has 0 heterocycles. The molecule has 0 saturated heterocycles. The van der Waals surface area contributed by atoms with E-state index in [1.807, 2.05) is 6.92 Å². The Morgan fingerprint density at radius 2 is 2.26 bits per heavy atom. The summed E-state index contributed by atoms with van der Waals surface area (Å²) < 4.78 is 5.55. The SMILES string of the molecule is C=C(C)COCCNC1(CN)CCCC(C(C)C)C1. The number of ether oxygens (including phenoxy) is 1. The van der Waals surface area contributed by atoms with E-state index in [9.17, 15) is 0 Å². The number of hydrogen-bond acceptors (Lipinski definition) is 3. The molecule has 3 N–H and O–H groups in total. The van der Waals surface area contributed by atoms with Crippen LogP contribution in [0.2, 0.25) is 0 Å². The molecule has 112 valence electrons. The summed E-state index contributed by atoms with van der Waals surface area (Å²) in [4.78, 5) is 0. The van der Waals surface area contributed by atoms with Crippen LogP contribution in [0.25, 0.3) is 0 Å². The lowest BCUT2D eigenvalue weighted by Crippen LogP contribution is -2.55. The number of nitrogens with two attached hydrogens (primary N) is 1. The summed E-state index contributed by atoms with van der Waals surface area (Å²) in [5, 5.41) is 3.66. The predicted octanol–water partition coefficient (Wildman–Crippen LogP) is 2.71. The molecule has 1 rings (SSSR count). The lowest BCUT2D eigenvalue weighted by Gasteiger charge is -2.42. The summed E-state index contributed by atoms with van der Waals surface area (Å²) in [7, 11) is 0. The van der Waals surface area contributed by atoms with Gasteiger partial charge in [0.05, 0.1) is 13.2 Å².